The number of nitrogens with zero attached hydrogens (tertiary/aromatic N) is 2. The number of hydrogen-bond donors (Lipinski definition) is 1. The Bertz CT molecular complexity index is 1220. The van der Waals surface area contributed by atoms with Crippen LogP contribution in [0.15, 0.2) is 48.5 Å². The molecule has 1 saturated heterocycles. The largest absolute Gasteiger partial charge is 0.416 e. The molecular formula is C24H19ClF3N3O. The third-order valence-corrected chi connectivity index (χ3v) is 5.53. The van der Waals surface area contributed by atoms with Gasteiger partial charge in [0.1, 0.15) is 5.82 Å². The molecule has 1 aromatic heterocycles. The fourth-order valence-corrected chi connectivity index (χ4v) is 3.80. The fourth-order valence-electron chi connectivity index (χ4n) is 3.57. The number of amides is 1. The lowest BCUT2D eigenvalue weighted by molar-refractivity contribution is -0.137. The average Bonchev–Trinajstić information content (AvgIpc) is 2.78. The molecule has 1 amide bonds. The van der Waals surface area contributed by atoms with Gasteiger partial charge in [0.2, 0.25) is 0 Å². The molecule has 4 nitrogen and oxygen atoms in total. The first kappa shape index (κ1) is 22.0. The zero-order valence-electron chi connectivity index (χ0n) is 17.0. The lowest BCUT2D eigenvalue weighted by Gasteiger charge is -2.27. The Morgan fingerprint density at radius 2 is 1.81 bits per heavy atom. The van der Waals surface area contributed by atoms with Gasteiger partial charge < -0.3 is 10.2 Å². The van der Waals surface area contributed by atoms with Gasteiger partial charge in [0.15, 0.2) is 0 Å². The van der Waals surface area contributed by atoms with Gasteiger partial charge in [-0.3, -0.25) is 4.79 Å². The summed E-state index contributed by atoms with van der Waals surface area (Å²) in [6.07, 6.45) is -0.902. The summed E-state index contributed by atoms with van der Waals surface area (Å²) in [5, 5.41) is 3.38. The van der Waals surface area contributed by atoms with Gasteiger partial charge in [-0.25, -0.2) is 4.98 Å². The number of pyridine rings is 1. The summed E-state index contributed by atoms with van der Waals surface area (Å²) in [6.45, 7) is 2.02. The molecule has 0 saturated carbocycles. The number of piperidine rings is 1. The van der Waals surface area contributed by atoms with Crippen LogP contribution in [0.2, 0.25) is 5.02 Å². The first-order valence-electron chi connectivity index (χ1n) is 10.2. The maximum Gasteiger partial charge on any atom is 0.416 e. The van der Waals surface area contributed by atoms with Crippen LogP contribution in [0.3, 0.4) is 0 Å². The summed E-state index contributed by atoms with van der Waals surface area (Å²) in [7, 11) is 0. The van der Waals surface area contributed by atoms with Crippen molar-refractivity contribution in [3.8, 4) is 11.8 Å². The number of carbonyl (C=O) groups is 1. The number of alkyl halides is 3. The summed E-state index contributed by atoms with van der Waals surface area (Å²) >= 11 is 5.87. The van der Waals surface area contributed by atoms with Gasteiger partial charge in [-0.05, 0) is 67.8 Å². The lowest BCUT2D eigenvalue weighted by atomic mass is 10.1. The molecule has 1 fully saturated rings. The normalized spacial score (nSPS) is 14.1. The standard InChI is InChI=1S/C24H19ClF3N3O/c25-20-15-18(24(26,27)28)7-4-16(20)6-11-23(32)29-19-8-9-21-17(14-19)5-10-22(30-21)31-12-2-1-3-13-31/h4-5,7-10,14-15H,1-3,12-13H2,(H,29,32). The Hall–Kier alpha value is -3.24. The highest BCUT2D eigenvalue weighted by Crippen LogP contribution is 2.32. The van der Waals surface area contributed by atoms with Crippen molar-refractivity contribution in [2.45, 2.75) is 25.4 Å². The molecule has 164 valence electrons. The van der Waals surface area contributed by atoms with Gasteiger partial charge >= 0.3 is 12.1 Å². The van der Waals surface area contributed by atoms with Crippen molar-refractivity contribution < 1.29 is 18.0 Å². The van der Waals surface area contributed by atoms with Crippen LogP contribution in [0.25, 0.3) is 10.9 Å². The maximum absolute atomic E-state index is 12.7. The third-order valence-electron chi connectivity index (χ3n) is 5.22. The van der Waals surface area contributed by atoms with E-state index in [0.29, 0.717) is 5.69 Å². The van der Waals surface area contributed by atoms with E-state index in [9.17, 15) is 18.0 Å². The number of aromatic nitrogens is 1. The van der Waals surface area contributed by atoms with Gasteiger partial charge in [0, 0.05) is 35.6 Å². The first-order valence-corrected chi connectivity index (χ1v) is 10.5. The van der Waals surface area contributed by atoms with Crippen molar-refractivity contribution in [1.29, 1.82) is 0 Å². The van der Waals surface area contributed by atoms with E-state index in [0.717, 1.165) is 48.0 Å². The number of nitrogens with one attached hydrogen (secondary N) is 1. The number of hydrogen-bond acceptors (Lipinski definition) is 3. The Kier molecular flexibility index (Phi) is 6.24. The molecule has 0 bridgehead atoms. The van der Waals surface area contributed by atoms with Crippen LogP contribution in [-0.4, -0.2) is 24.0 Å². The van der Waals surface area contributed by atoms with E-state index in [1.54, 1.807) is 12.1 Å². The second kappa shape index (κ2) is 9.09. The molecule has 4 rings (SSSR count). The molecule has 2 heterocycles. The van der Waals surface area contributed by atoms with E-state index in [-0.39, 0.29) is 10.6 Å². The predicted molar refractivity (Wildman–Crippen MR) is 120 cm³/mol. The van der Waals surface area contributed by atoms with Crippen molar-refractivity contribution in [1.82, 2.24) is 4.98 Å². The second-order valence-electron chi connectivity index (χ2n) is 7.52. The molecule has 0 atom stereocenters. The van der Waals surface area contributed by atoms with E-state index >= 15 is 0 Å². The summed E-state index contributed by atoms with van der Waals surface area (Å²) in [6, 6.07) is 12.1. The van der Waals surface area contributed by atoms with E-state index in [1.165, 1.54) is 19.3 Å². The van der Waals surface area contributed by atoms with Crippen molar-refractivity contribution >= 4 is 39.9 Å². The summed E-state index contributed by atoms with van der Waals surface area (Å²) in [5.74, 6) is 5.23. The smallest absolute Gasteiger partial charge is 0.357 e. The molecule has 0 radical (unpaired) electrons. The van der Waals surface area contributed by atoms with Crippen molar-refractivity contribution in [2.24, 2.45) is 0 Å². The number of anilines is 2. The minimum atomic E-state index is -4.49. The highest BCUT2D eigenvalue weighted by Gasteiger charge is 2.30. The van der Waals surface area contributed by atoms with Crippen LogP contribution in [0.1, 0.15) is 30.4 Å². The van der Waals surface area contributed by atoms with Crippen LogP contribution >= 0.6 is 11.6 Å². The number of halogens is 4. The van der Waals surface area contributed by atoms with Crippen LogP contribution < -0.4 is 10.2 Å². The van der Waals surface area contributed by atoms with Gasteiger partial charge in [0.05, 0.1) is 16.1 Å². The summed E-state index contributed by atoms with van der Waals surface area (Å²) in [5.41, 5.74) is 0.644. The number of benzene rings is 2. The highest BCUT2D eigenvalue weighted by molar-refractivity contribution is 6.31. The van der Waals surface area contributed by atoms with Crippen molar-refractivity contribution in [2.75, 3.05) is 23.3 Å². The van der Waals surface area contributed by atoms with Crippen molar-refractivity contribution in [3.63, 3.8) is 0 Å². The summed E-state index contributed by atoms with van der Waals surface area (Å²) < 4.78 is 38.2. The van der Waals surface area contributed by atoms with E-state index in [4.69, 9.17) is 16.6 Å². The molecule has 1 aliphatic rings. The van der Waals surface area contributed by atoms with Crippen molar-refractivity contribution in [3.05, 3.63) is 64.7 Å². The molecule has 2 aromatic carbocycles. The molecule has 8 heteroatoms. The lowest BCUT2D eigenvalue weighted by Crippen LogP contribution is -2.30. The quantitative estimate of drug-likeness (QED) is 0.488. The molecule has 1 aliphatic heterocycles. The zero-order valence-corrected chi connectivity index (χ0v) is 17.7. The molecule has 1 N–H and O–H groups in total. The van der Waals surface area contributed by atoms with Crippen LogP contribution in [-0.2, 0) is 11.0 Å². The minimum absolute atomic E-state index is 0.141. The third kappa shape index (κ3) is 5.14. The first-order chi connectivity index (χ1) is 15.3. The second-order valence-corrected chi connectivity index (χ2v) is 7.93. The molecule has 0 spiro atoms. The Labute approximate surface area is 188 Å². The number of fused-ring (bicyclic) bond motifs is 1. The van der Waals surface area contributed by atoms with Crippen LogP contribution in [0.4, 0.5) is 24.7 Å². The Morgan fingerprint density at radius 3 is 2.53 bits per heavy atom. The highest BCUT2D eigenvalue weighted by atomic mass is 35.5. The van der Waals surface area contributed by atoms with Crippen LogP contribution in [0.5, 0.6) is 0 Å². The predicted octanol–water partition coefficient (Wildman–Crippen LogP) is 5.89. The SMILES string of the molecule is O=C(C#Cc1ccc(C(F)(F)F)cc1Cl)Nc1ccc2nc(N3CCCCC3)ccc2c1. The van der Waals surface area contributed by atoms with E-state index in [2.05, 4.69) is 22.1 Å². The van der Waals surface area contributed by atoms with Gasteiger partial charge in [-0.2, -0.15) is 13.2 Å². The zero-order chi connectivity index (χ0) is 22.7. The van der Waals surface area contributed by atoms with Gasteiger partial charge in [-0.1, -0.05) is 17.5 Å². The monoisotopic (exact) mass is 457 g/mol. The van der Waals surface area contributed by atoms with E-state index < -0.39 is 17.6 Å². The minimum Gasteiger partial charge on any atom is -0.357 e. The van der Waals surface area contributed by atoms with Crippen LogP contribution in [0, 0.1) is 11.8 Å². The maximum atomic E-state index is 12.7. The Morgan fingerprint density at radius 1 is 1.03 bits per heavy atom. The van der Waals surface area contributed by atoms with Gasteiger partial charge in [-0.15, -0.1) is 0 Å². The average molecular weight is 458 g/mol. The fraction of sp³-hybridized carbons (Fsp3) is 0.250. The number of rotatable bonds is 2. The molecule has 0 aliphatic carbocycles. The van der Waals surface area contributed by atoms with Gasteiger partial charge in [0.25, 0.3) is 0 Å². The Balaban J connectivity index is 1.46. The summed E-state index contributed by atoms with van der Waals surface area (Å²) in [4.78, 5) is 19.2. The molecule has 32 heavy (non-hydrogen) atoms. The molecule has 3 aromatic rings. The van der Waals surface area contributed by atoms with E-state index in [1.807, 2.05) is 18.2 Å². The number of carbonyl (C=O) groups excluding carboxylic acids is 1. The molecule has 0 unspecified atom stereocenters. The molecular weight excluding hydrogens is 439 g/mol. The topological polar surface area (TPSA) is 45.2 Å².